The number of allylic oxidation sites excluding steroid dienone is 2. The molecule has 0 spiro atoms. The zero-order valence-electron chi connectivity index (χ0n) is 18.9. The van der Waals surface area contributed by atoms with Crippen LogP contribution in [0.5, 0.6) is 0 Å². The first kappa shape index (κ1) is 20.4. The second kappa shape index (κ2) is 7.41. The zero-order valence-corrected chi connectivity index (χ0v) is 18.9. The molecule has 1 aliphatic heterocycles. The Hall–Kier alpha value is -3.21. The highest BCUT2D eigenvalue weighted by Crippen LogP contribution is 2.65. The third-order valence-electron chi connectivity index (χ3n) is 8.22. The lowest BCUT2D eigenvalue weighted by atomic mass is 9.63. The van der Waals surface area contributed by atoms with Crippen LogP contribution in [0, 0.1) is 49.4 Å². The number of rotatable bonds is 5. The molecule has 33 heavy (non-hydrogen) atoms. The van der Waals surface area contributed by atoms with Crippen molar-refractivity contribution in [3.05, 3.63) is 77.4 Å². The highest BCUT2D eigenvalue weighted by molar-refractivity contribution is 6.10. The van der Waals surface area contributed by atoms with Crippen molar-refractivity contribution in [3.8, 4) is 0 Å². The first-order valence-electron chi connectivity index (χ1n) is 11.9. The van der Waals surface area contributed by atoms with Crippen molar-refractivity contribution < 1.29 is 14.4 Å². The molecule has 7 rings (SSSR count). The lowest BCUT2D eigenvalue weighted by Gasteiger charge is -2.37. The van der Waals surface area contributed by atoms with Gasteiger partial charge in [-0.1, -0.05) is 60.2 Å². The van der Waals surface area contributed by atoms with Gasteiger partial charge in [0.05, 0.1) is 11.8 Å². The number of hydrogen-bond donors (Lipinski definition) is 1. The van der Waals surface area contributed by atoms with Crippen LogP contribution in [0.2, 0.25) is 0 Å². The van der Waals surface area contributed by atoms with E-state index >= 15 is 0 Å². The molecule has 3 amide bonds. The molecule has 0 unspecified atom stereocenters. The minimum absolute atomic E-state index is 0.145. The van der Waals surface area contributed by atoms with Crippen LogP contribution in [-0.2, 0) is 20.8 Å². The number of aryl methyl sites for hydroxylation is 2. The molecule has 7 atom stereocenters. The number of anilines is 1. The van der Waals surface area contributed by atoms with Gasteiger partial charge in [-0.2, -0.15) is 0 Å². The third kappa shape index (κ3) is 3.17. The van der Waals surface area contributed by atoms with Gasteiger partial charge in [-0.05, 0) is 61.1 Å². The lowest BCUT2D eigenvalue weighted by Crippen LogP contribution is -2.49. The van der Waals surface area contributed by atoms with Crippen molar-refractivity contribution >= 4 is 23.4 Å². The van der Waals surface area contributed by atoms with Crippen molar-refractivity contribution in [2.75, 3.05) is 5.32 Å². The van der Waals surface area contributed by atoms with Gasteiger partial charge in [0.15, 0.2) is 0 Å². The second-order valence-corrected chi connectivity index (χ2v) is 10.2. The molecule has 168 valence electrons. The van der Waals surface area contributed by atoms with Gasteiger partial charge in [-0.15, -0.1) is 0 Å². The zero-order chi connectivity index (χ0) is 22.9. The highest BCUT2D eigenvalue weighted by Gasteiger charge is 2.67. The predicted octanol–water partition coefficient (Wildman–Crippen LogP) is 3.91. The van der Waals surface area contributed by atoms with Crippen LogP contribution in [-0.4, -0.2) is 28.7 Å². The van der Waals surface area contributed by atoms with Gasteiger partial charge in [0, 0.05) is 12.1 Å². The number of likely N-dealkylation sites (tertiary alicyclic amines) is 1. The van der Waals surface area contributed by atoms with E-state index in [4.69, 9.17) is 0 Å². The lowest BCUT2D eigenvalue weighted by molar-refractivity contribution is -0.146. The van der Waals surface area contributed by atoms with E-state index in [1.807, 2.05) is 62.4 Å². The molecule has 1 saturated heterocycles. The van der Waals surface area contributed by atoms with E-state index in [0.717, 1.165) is 23.1 Å². The van der Waals surface area contributed by atoms with E-state index in [2.05, 4.69) is 17.5 Å². The summed E-state index contributed by atoms with van der Waals surface area (Å²) >= 11 is 0. The molecule has 2 aromatic carbocycles. The molecule has 5 heteroatoms. The number of carbonyl (C=O) groups is 3. The van der Waals surface area contributed by atoms with Gasteiger partial charge in [-0.25, -0.2) is 0 Å². The van der Waals surface area contributed by atoms with Crippen LogP contribution in [0.15, 0.2) is 60.7 Å². The molecule has 2 aromatic rings. The summed E-state index contributed by atoms with van der Waals surface area (Å²) in [5.41, 5.74) is 3.71. The van der Waals surface area contributed by atoms with Crippen molar-refractivity contribution in [1.82, 2.24) is 4.90 Å². The monoisotopic (exact) mass is 440 g/mol. The summed E-state index contributed by atoms with van der Waals surface area (Å²) in [7, 11) is 0. The minimum atomic E-state index is -0.866. The summed E-state index contributed by atoms with van der Waals surface area (Å²) in [5.74, 6) is 0.128. The molecule has 3 fully saturated rings. The summed E-state index contributed by atoms with van der Waals surface area (Å²) in [4.78, 5) is 42.3. The molecule has 0 radical (unpaired) electrons. The van der Waals surface area contributed by atoms with Gasteiger partial charge >= 0.3 is 0 Å². The summed E-state index contributed by atoms with van der Waals surface area (Å²) in [6, 6.07) is 14.6. The van der Waals surface area contributed by atoms with Crippen LogP contribution in [0.3, 0.4) is 0 Å². The smallest absolute Gasteiger partial charge is 0.248 e. The van der Waals surface area contributed by atoms with E-state index < -0.39 is 6.04 Å². The maximum atomic E-state index is 13.7. The first-order valence-corrected chi connectivity index (χ1v) is 11.9. The fraction of sp³-hybridized carbons (Fsp3) is 0.393. The van der Waals surface area contributed by atoms with Gasteiger partial charge in [0.1, 0.15) is 6.04 Å². The van der Waals surface area contributed by atoms with Gasteiger partial charge < -0.3 is 5.32 Å². The SMILES string of the molecule is Cc1ccc(NC(=O)[C@H](Cc2ccccc2)N2C(=O)[C@@H]3[C@H]4C=C[C@@H]([C@@H]5C[C@H]45)[C@@H]3C2=O)c(C)c1. The predicted molar refractivity (Wildman–Crippen MR) is 125 cm³/mol. The molecule has 4 aliphatic carbocycles. The van der Waals surface area contributed by atoms with Gasteiger partial charge in [0.25, 0.3) is 0 Å². The topological polar surface area (TPSA) is 66.5 Å². The largest absolute Gasteiger partial charge is 0.324 e. The molecule has 2 bridgehead atoms. The number of imide groups is 1. The summed E-state index contributed by atoms with van der Waals surface area (Å²) in [6.45, 7) is 3.96. The van der Waals surface area contributed by atoms with Gasteiger partial charge in [0.2, 0.25) is 17.7 Å². The maximum absolute atomic E-state index is 13.7. The Kier molecular flexibility index (Phi) is 4.58. The van der Waals surface area contributed by atoms with E-state index in [1.165, 1.54) is 4.90 Å². The van der Waals surface area contributed by atoms with E-state index in [0.29, 0.717) is 23.9 Å². The van der Waals surface area contributed by atoms with Crippen molar-refractivity contribution in [2.24, 2.45) is 35.5 Å². The Labute approximate surface area is 193 Å². The van der Waals surface area contributed by atoms with Crippen LogP contribution >= 0.6 is 0 Å². The van der Waals surface area contributed by atoms with E-state index in [-0.39, 0.29) is 41.4 Å². The molecule has 0 aromatic heterocycles. The molecule has 1 heterocycles. The number of nitrogens with one attached hydrogen (secondary N) is 1. The van der Waals surface area contributed by atoms with Crippen LogP contribution in [0.4, 0.5) is 5.69 Å². The first-order chi connectivity index (χ1) is 15.9. The number of hydrogen-bond acceptors (Lipinski definition) is 3. The average molecular weight is 441 g/mol. The average Bonchev–Trinajstić information content (AvgIpc) is 3.59. The fourth-order valence-electron chi connectivity index (χ4n) is 6.60. The van der Waals surface area contributed by atoms with E-state index in [9.17, 15) is 14.4 Å². The Bertz CT molecular complexity index is 1150. The second-order valence-electron chi connectivity index (χ2n) is 10.2. The van der Waals surface area contributed by atoms with Crippen molar-refractivity contribution in [2.45, 2.75) is 32.7 Å². The molecule has 2 saturated carbocycles. The Balaban J connectivity index is 1.34. The van der Waals surface area contributed by atoms with Crippen molar-refractivity contribution in [1.29, 1.82) is 0 Å². The summed E-state index contributed by atoms with van der Waals surface area (Å²) in [6.07, 6.45) is 5.76. The molecular weight excluding hydrogens is 412 g/mol. The van der Waals surface area contributed by atoms with Crippen LogP contribution in [0.25, 0.3) is 0 Å². The number of benzene rings is 2. The Morgan fingerprint density at radius 1 is 0.970 bits per heavy atom. The summed E-state index contributed by atoms with van der Waals surface area (Å²) in [5, 5.41) is 3.01. The fourth-order valence-corrected chi connectivity index (χ4v) is 6.60. The Morgan fingerprint density at radius 3 is 2.21 bits per heavy atom. The number of nitrogens with zero attached hydrogens (tertiary/aromatic N) is 1. The number of carbonyl (C=O) groups excluding carboxylic acids is 3. The van der Waals surface area contributed by atoms with E-state index in [1.54, 1.807) is 0 Å². The standard InChI is InChI=1S/C28H28N2O3/c1-15-8-11-22(16(2)12-15)29-26(31)23(13-17-6-4-3-5-7-17)30-27(32)24-18-9-10-19(21-14-20(18)21)25(24)28(30)33/h3-12,18-21,23-25H,13-14H2,1-2H3,(H,29,31)/t18-,19-,20-,21+,23-,24-,25+/m0/s1. The molecule has 5 nitrogen and oxygen atoms in total. The maximum Gasteiger partial charge on any atom is 0.248 e. The van der Waals surface area contributed by atoms with Crippen molar-refractivity contribution in [3.63, 3.8) is 0 Å². The third-order valence-corrected chi connectivity index (χ3v) is 8.22. The van der Waals surface area contributed by atoms with Crippen LogP contribution < -0.4 is 5.32 Å². The molecule has 5 aliphatic rings. The van der Waals surface area contributed by atoms with Gasteiger partial charge in [-0.3, -0.25) is 19.3 Å². The summed E-state index contributed by atoms with van der Waals surface area (Å²) < 4.78 is 0. The molecule has 1 N–H and O–H groups in total. The molecular formula is C28H28N2O3. The number of amides is 3. The van der Waals surface area contributed by atoms with Crippen LogP contribution in [0.1, 0.15) is 23.1 Å². The normalized spacial score (nSPS) is 31.9. The quantitative estimate of drug-likeness (QED) is 0.566. The minimum Gasteiger partial charge on any atom is -0.324 e. The highest BCUT2D eigenvalue weighted by atomic mass is 16.2. The Morgan fingerprint density at radius 2 is 1.61 bits per heavy atom.